The summed E-state index contributed by atoms with van der Waals surface area (Å²) in [7, 11) is 0. The monoisotopic (exact) mass is 368 g/mol. The second-order valence-corrected chi connectivity index (χ2v) is 5.71. The highest BCUT2D eigenvalue weighted by atomic mass is 127. The zero-order valence-corrected chi connectivity index (χ0v) is 12.3. The molecule has 0 radical (unpaired) electrons. The van der Waals surface area contributed by atoms with Crippen LogP contribution in [0.5, 0.6) is 0 Å². The van der Waals surface area contributed by atoms with Gasteiger partial charge in [0, 0.05) is 22.2 Å². The number of aromatic amines is 1. The molecule has 6 heteroatoms. The summed E-state index contributed by atoms with van der Waals surface area (Å²) < 4.78 is 1.10. The predicted octanol–water partition coefficient (Wildman–Crippen LogP) is 1.67. The number of hydrogen-bond donors (Lipinski definition) is 3. The van der Waals surface area contributed by atoms with Crippen LogP contribution in [0, 0.1) is 3.57 Å². The minimum Gasteiger partial charge on any atom is -0.347 e. The Morgan fingerprint density at radius 3 is 3.21 bits per heavy atom. The van der Waals surface area contributed by atoms with E-state index in [1.54, 1.807) is 6.33 Å². The Kier molecular flexibility index (Phi) is 3.52. The highest BCUT2D eigenvalue weighted by Gasteiger charge is 2.25. The molecule has 0 saturated carbocycles. The second kappa shape index (κ2) is 5.30. The van der Waals surface area contributed by atoms with Crippen LogP contribution >= 0.6 is 22.6 Å². The molecule has 1 unspecified atom stereocenters. The van der Waals surface area contributed by atoms with Crippen molar-refractivity contribution in [3.8, 4) is 0 Å². The number of anilines is 1. The van der Waals surface area contributed by atoms with Crippen LogP contribution in [-0.2, 0) is 17.8 Å². The molecule has 2 aromatic rings. The third-order valence-electron chi connectivity index (χ3n) is 3.14. The molecule has 19 heavy (non-hydrogen) atoms. The number of halogens is 1. The summed E-state index contributed by atoms with van der Waals surface area (Å²) in [6.07, 6.45) is 2.29. The number of imidazole rings is 1. The number of nitrogens with zero attached hydrogens (tertiary/aromatic N) is 1. The third-order valence-corrected chi connectivity index (χ3v) is 3.81. The van der Waals surface area contributed by atoms with Crippen molar-refractivity contribution in [3.05, 3.63) is 45.6 Å². The lowest BCUT2D eigenvalue weighted by Crippen LogP contribution is -2.44. The molecule has 1 aromatic heterocycles. The number of benzene rings is 1. The normalized spacial score (nSPS) is 17.8. The van der Waals surface area contributed by atoms with E-state index >= 15 is 0 Å². The number of amides is 1. The highest BCUT2D eigenvalue weighted by Crippen LogP contribution is 2.16. The van der Waals surface area contributed by atoms with Crippen molar-refractivity contribution >= 4 is 34.2 Å². The molecule has 2 heterocycles. The molecular formula is C13H13IN4O. The first-order chi connectivity index (χ1) is 9.22. The van der Waals surface area contributed by atoms with Crippen LogP contribution < -0.4 is 10.6 Å². The lowest BCUT2D eigenvalue weighted by molar-refractivity contribution is -0.118. The average molecular weight is 368 g/mol. The average Bonchev–Trinajstić information content (AvgIpc) is 2.85. The van der Waals surface area contributed by atoms with Gasteiger partial charge in [-0.2, -0.15) is 0 Å². The summed E-state index contributed by atoms with van der Waals surface area (Å²) in [5.74, 6) is -0.0179. The Balaban J connectivity index is 1.69. The molecule has 0 bridgehead atoms. The third kappa shape index (κ3) is 2.79. The predicted molar refractivity (Wildman–Crippen MR) is 80.7 cm³/mol. The van der Waals surface area contributed by atoms with E-state index in [1.165, 1.54) is 0 Å². The molecule has 1 aromatic carbocycles. The lowest BCUT2D eigenvalue weighted by atomic mass is 10.0. The van der Waals surface area contributed by atoms with Gasteiger partial charge in [0.25, 0.3) is 0 Å². The van der Waals surface area contributed by atoms with Gasteiger partial charge in [-0.25, -0.2) is 4.98 Å². The van der Waals surface area contributed by atoms with Crippen LogP contribution in [0.1, 0.15) is 11.4 Å². The minimum atomic E-state index is -0.228. The van der Waals surface area contributed by atoms with Crippen molar-refractivity contribution < 1.29 is 4.79 Å². The number of fused-ring (bicyclic) bond motifs is 1. The van der Waals surface area contributed by atoms with Gasteiger partial charge in [0.2, 0.25) is 5.91 Å². The Labute approximate surface area is 124 Å². The summed E-state index contributed by atoms with van der Waals surface area (Å²) in [4.78, 5) is 19.5. The number of H-pyrrole nitrogens is 1. The summed E-state index contributed by atoms with van der Waals surface area (Å²) in [6.45, 7) is 0.653. The van der Waals surface area contributed by atoms with E-state index < -0.39 is 0 Å². The van der Waals surface area contributed by atoms with Crippen molar-refractivity contribution in [1.82, 2.24) is 15.3 Å². The number of nitrogens with one attached hydrogen (secondary N) is 3. The van der Waals surface area contributed by atoms with Gasteiger partial charge < -0.3 is 10.3 Å². The number of hydrogen-bond acceptors (Lipinski definition) is 3. The van der Waals surface area contributed by atoms with Crippen LogP contribution in [0.15, 0.2) is 30.6 Å². The van der Waals surface area contributed by atoms with Gasteiger partial charge in [0.05, 0.1) is 23.8 Å². The summed E-state index contributed by atoms with van der Waals surface area (Å²) in [6, 6.07) is 7.53. The van der Waals surface area contributed by atoms with Crippen molar-refractivity contribution in [2.75, 3.05) is 5.32 Å². The second-order valence-electron chi connectivity index (χ2n) is 4.46. The fraction of sp³-hybridized carbons (Fsp3) is 0.231. The lowest BCUT2D eigenvalue weighted by Gasteiger charge is -2.22. The highest BCUT2D eigenvalue weighted by molar-refractivity contribution is 14.1. The maximum Gasteiger partial charge on any atom is 0.241 e. The minimum absolute atomic E-state index is 0.0179. The van der Waals surface area contributed by atoms with Gasteiger partial charge in [-0.1, -0.05) is 6.07 Å². The molecule has 98 valence electrons. The molecular weight excluding hydrogens is 355 g/mol. The van der Waals surface area contributed by atoms with Gasteiger partial charge >= 0.3 is 0 Å². The fourth-order valence-corrected chi connectivity index (χ4v) is 2.69. The molecule has 3 rings (SSSR count). The molecule has 0 saturated heterocycles. The van der Waals surface area contributed by atoms with E-state index in [1.807, 2.05) is 24.3 Å². The fourth-order valence-electron chi connectivity index (χ4n) is 2.15. The van der Waals surface area contributed by atoms with Crippen LogP contribution in [0.4, 0.5) is 5.69 Å². The van der Waals surface area contributed by atoms with E-state index in [9.17, 15) is 4.79 Å². The molecule has 0 fully saturated rings. The number of carbonyl (C=O) groups is 1. The summed E-state index contributed by atoms with van der Waals surface area (Å²) in [5.41, 5.74) is 2.87. The standard InChI is InChI=1S/C13H13IN4O/c14-8-2-1-3-9(4-8)18-13(19)11-5-10-12(6-15-11)17-7-16-10/h1-4,7,11,15H,5-6H2,(H,16,17)(H,18,19). The summed E-state index contributed by atoms with van der Waals surface area (Å²) >= 11 is 2.23. The van der Waals surface area contributed by atoms with E-state index in [0.717, 1.165) is 20.6 Å². The summed E-state index contributed by atoms with van der Waals surface area (Å²) in [5, 5.41) is 6.14. The van der Waals surface area contributed by atoms with Crippen LogP contribution in [0.2, 0.25) is 0 Å². The molecule has 5 nitrogen and oxygen atoms in total. The molecule has 1 amide bonds. The van der Waals surface area contributed by atoms with Gasteiger partial charge in [-0.15, -0.1) is 0 Å². The smallest absolute Gasteiger partial charge is 0.241 e. The van der Waals surface area contributed by atoms with E-state index in [2.05, 4.69) is 43.2 Å². The van der Waals surface area contributed by atoms with Crippen molar-refractivity contribution in [2.24, 2.45) is 0 Å². The number of carbonyl (C=O) groups excluding carboxylic acids is 1. The number of aromatic nitrogens is 2. The zero-order valence-electron chi connectivity index (χ0n) is 10.1. The first-order valence-corrected chi connectivity index (χ1v) is 7.11. The Bertz CT molecular complexity index is 610. The van der Waals surface area contributed by atoms with Gasteiger partial charge in [0.15, 0.2) is 0 Å². The quantitative estimate of drug-likeness (QED) is 0.707. The molecule has 1 aliphatic heterocycles. The van der Waals surface area contributed by atoms with E-state index in [4.69, 9.17) is 0 Å². The number of rotatable bonds is 2. The van der Waals surface area contributed by atoms with Gasteiger partial charge in [0.1, 0.15) is 0 Å². The van der Waals surface area contributed by atoms with Gasteiger partial charge in [-0.3, -0.25) is 10.1 Å². The van der Waals surface area contributed by atoms with Crippen molar-refractivity contribution in [2.45, 2.75) is 19.0 Å². The zero-order chi connectivity index (χ0) is 13.2. The van der Waals surface area contributed by atoms with Crippen LogP contribution in [-0.4, -0.2) is 21.9 Å². The molecule has 0 aliphatic carbocycles. The van der Waals surface area contributed by atoms with Crippen molar-refractivity contribution in [3.63, 3.8) is 0 Å². The molecule has 1 aliphatic rings. The topological polar surface area (TPSA) is 69.8 Å². The first-order valence-electron chi connectivity index (χ1n) is 6.03. The van der Waals surface area contributed by atoms with E-state index in [-0.39, 0.29) is 11.9 Å². The van der Waals surface area contributed by atoms with Crippen LogP contribution in [0.3, 0.4) is 0 Å². The Morgan fingerprint density at radius 1 is 1.47 bits per heavy atom. The molecule has 1 atom stereocenters. The maximum absolute atomic E-state index is 12.2. The van der Waals surface area contributed by atoms with Gasteiger partial charge in [-0.05, 0) is 40.8 Å². The largest absolute Gasteiger partial charge is 0.347 e. The first kappa shape index (κ1) is 12.6. The van der Waals surface area contributed by atoms with E-state index in [0.29, 0.717) is 13.0 Å². The SMILES string of the molecule is O=C(Nc1cccc(I)c1)C1Cc2nc[nH]c2CN1. The van der Waals surface area contributed by atoms with Crippen LogP contribution in [0.25, 0.3) is 0 Å². The Morgan fingerprint density at radius 2 is 2.37 bits per heavy atom. The molecule has 0 spiro atoms. The Hall–Kier alpha value is -1.41. The van der Waals surface area contributed by atoms with Crippen molar-refractivity contribution in [1.29, 1.82) is 0 Å². The maximum atomic E-state index is 12.2. The molecule has 3 N–H and O–H groups in total.